The van der Waals surface area contributed by atoms with Crippen LogP contribution < -0.4 is 0 Å². The summed E-state index contributed by atoms with van der Waals surface area (Å²) in [6.07, 6.45) is 13.4. The van der Waals surface area contributed by atoms with E-state index in [1.807, 2.05) is 13.8 Å². The van der Waals surface area contributed by atoms with Crippen molar-refractivity contribution < 1.29 is 27.9 Å². The van der Waals surface area contributed by atoms with Crippen LogP contribution in [-0.4, -0.2) is 43.6 Å². The molecule has 0 saturated heterocycles. The SMILES string of the molecule is C=C(C)[C@@H]1CC[C@]2(CCS(C)(=O)=O)CC[C@]3(C)[C@H](CC[C@@H]4[C@@]5(C)CC[C@H](OC(=O)CC(C)(C)CC(=O)O)C(C)(C)[C@@H]5CC[C@]43C)[C@@H]12. The summed E-state index contributed by atoms with van der Waals surface area (Å²) >= 11 is 0. The predicted octanol–water partition coefficient (Wildman–Crippen LogP) is 8.88. The fourth-order valence-corrected chi connectivity index (χ4v) is 14.1. The first-order valence-corrected chi connectivity index (χ1v) is 20.3. The van der Waals surface area contributed by atoms with Crippen LogP contribution in [0.1, 0.15) is 139 Å². The molecule has 5 fully saturated rings. The first-order chi connectivity index (χ1) is 21.0. The number of carboxylic acids is 1. The van der Waals surface area contributed by atoms with Gasteiger partial charge in [-0.25, -0.2) is 8.42 Å². The van der Waals surface area contributed by atoms with E-state index in [9.17, 15) is 23.1 Å². The molecule has 0 bridgehead atoms. The van der Waals surface area contributed by atoms with Gasteiger partial charge < -0.3 is 9.84 Å². The Morgan fingerprint density at radius 1 is 0.870 bits per heavy atom. The van der Waals surface area contributed by atoms with Crippen LogP contribution in [0.4, 0.5) is 0 Å². The Morgan fingerprint density at radius 2 is 1.54 bits per heavy atom. The lowest BCUT2D eigenvalue weighted by Gasteiger charge is -2.73. The van der Waals surface area contributed by atoms with E-state index in [2.05, 4.69) is 48.1 Å². The number of sulfone groups is 1. The zero-order valence-electron chi connectivity index (χ0n) is 30.5. The minimum absolute atomic E-state index is 0.0519. The van der Waals surface area contributed by atoms with E-state index in [-0.39, 0.29) is 52.0 Å². The van der Waals surface area contributed by atoms with Gasteiger partial charge in [0.1, 0.15) is 15.9 Å². The third-order valence-electron chi connectivity index (χ3n) is 15.7. The minimum atomic E-state index is -3.02. The molecule has 262 valence electrons. The zero-order valence-corrected chi connectivity index (χ0v) is 31.3. The van der Waals surface area contributed by atoms with Crippen molar-refractivity contribution in [2.75, 3.05) is 12.0 Å². The van der Waals surface area contributed by atoms with E-state index in [1.165, 1.54) is 37.5 Å². The number of hydrogen-bond donors (Lipinski definition) is 1. The van der Waals surface area contributed by atoms with Crippen molar-refractivity contribution >= 4 is 21.8 Å². The number of carbonyl (C=O) groups is 2. The van der Waals surface area contributed by atoms with Gasteiger partial charge in [0, 0.05) is 11.7 Å². The Morgan fingerprint density at radius 3 is 2.15 bits per heavy atom. The number of hydrogen-bond acceptors (Lipinski definition) is 5. The molecule has 0 heterocycles. The average Bonchev–Trinajstić information content (AvgIpc) is 3.28. The molecule has 46 heavy (non-hydrogen) atoms. The van der Waals surface area contributed by atoms with E-state index in [0.717, 1.165) is 44.9 Å². The molecule has 5 aliphatic rings. The maximum atomic E-state index is 13.2. The van der Waals surface area contributed by atoms with E-state index in [4.69, 9.17) is 4.74 Å². The Hall–Kier alpha value is -1.37. The quantitative estimate of drug-likeness (QED) is 0.196. The molecule has 10 atom stereocenters. The van der Waals surface area contributed by atoms with Crippen molar-refractivity contribution in [3.8, 4) is 0 Å². The van der Waals surface area contributed by atoms with E-state index in [0.29, 0.717) is 35.3 Å². The molecule has 7 heteroatoms. The summed E-state index contributed by atoms with van der Waals surface area (Å²) in [6.45, 7) is 22.8. The van der Waals surface area contributed by atoms with Crippen LogP contribution in [0.2, 0.25) is 0 Å². The molecule has 0 spiro atoms. The molecular formula is C39H64O6S. The highest BCUT2D eigenvalue weighted by Gasteiger charge is 2.71. The van der Waals surface area contributed by atoms with Gasteiger partial charge in [-0.15, -0.1) is 0 Å². The van der Waals surface area contributed by atoms with E-state index >= 15 is 0 Å². The number of allylic oxidation sites excluding steroid dienone is 1. The molecule has 0 unspecified atom stereocenters. The summed E-state index contributed by atoms with van der Waals surface area (Å²) in [4.78, 5) is 24.5. The molecule has 0 amide bonds. The normalized spacial score (nSPS) is 43.4. The van der Waals surface area contributed by atoms with Crippen molar-refractivity contribution in [3.05, 3.63) is 12.2 Å². The first kappa shape index (κ1) is 35.9. The fraction of sp³-hybridized carbons (Fsp3) is 0.897. The van der Waals surface area contributed by atoms with Gasteiger partial charge in [0.05, 0.1) is 18.6 Å². The number of ether oxygens (including phenoxy) is 1. The van der Waals surface area contributed by atoms with E-state index in [1.54, 1.807) is 0 Å². The van der Waals surface area contributed by atoms with Gasteiger partial charge in [-0.3, -0.25) is 9.59 Å². The largest absolute Gasteiger partial charge is 0.481 e. The summed E-state index contributed by atoms with van der Waals surface area (Å²) in [5.41, 5.74) is 1.16. The summed E-state index contributed by atoms with van der Waals surface area (Å²) in [5, 5.41) is 9.30. The second-order valence-corrected chi connectivity index (χ2v) is 21.4. The van der Waals surface area contributed by atoms with Crippen LogP contribution in [0.5, 0.6) is 0 Å². The molecule has 0 radical (unpaired) electrons. The minimum Gasteiger partial charge on any atom is -0.481 e. The maximum Gasteiger partial charge on any atom is 0.306 e. The van der Waals surface area contributed by atoms with Gasteiger partial charge in [-0.2, -0.15) is 0 Å². The molecular weight excluding hydrogens is 596 g/mol. The van der Waals surface area contributed by atoms with Crippen molar-refractivity contribution in [1.29, 1.82) is 0 Å². The van der Waals surface area contributed by atoms with Crippen molar-refractivity contribution in [2.45, 2.75) is 145 Å². The Balaban J connectivity index is 1.40. The van der Waals surface area contributed by atoms with Crippen LogP contribution in [-0.2, 0) is 24.2 Å². The smallest absolute Gasteiger partial charge is 0.306 e. The highest BCUT2D eigenvalue weighted by Crippen LogP contribution is 2.78. The summed E-state index contributed by atoms with van der Waals surface area (Å²) < 4.78 is 31.0. The Bertz CT molecular complexity index is 1350. The van der Waals surface area contributed by atoms with Crippen molar-refractivity contribution in [3.63, 3.8) is 0 Å². The Kier molecular flexibility index (Phi) is 9.07. The summed E-state index contributed by atoms with van der Waals surface area (Å²) in [7, 11) is -3.02. The average molecular weight is 661 g/mol. The lowest BCUT2D eigenvalue weighted by Crippen LogP contribution is -2.66. The molecule has 6 nitrogen and oxygen atoms in total. The monoisotopic (exact) mass is 660 g/mol. The third kappa shape index (κ3) is 5.82. The molecule has 0 aromatic carbocycles. The van der Waals surface area contributed by atoms with Gasteiger partial charge in [0.25, 0.3) is 0 Å². The van der Waals surface area contributed by atoms with Crippen molar-refractivity contribution in [1.82, 2.24) is 0 Å². The number of aliphatic carboxylic acids is 1. The number of carboxylic acid groups (broad SMARTS) is 1. The molecule has 0 aromatic heterocycles. The molecule has 5 rings (SSSR count). The molecule has 5 saturated carbocycles. The highest BCUT2D eigenvalue weighted by molar-refractivity contribution is 7.90. The fourth-order valence-electron chi connectivity index (χ4n) is 13.4. The topological polar surface area (TPSA) is 97.7 Å². The van der Waals surface area contributed by atoms with E-state index < -0.39 is 21.2 Å². The zero-order chi connectivity index (χ0) is 34.3. The van der Waals surface area contributed by atoms with Gasteiger partial charge >= 0.3 is 11.9 Å². The standard InChI is InChI=1S/C39H64O6S/c1-25(2)26-13-18-39(21-22-46(10,43)44)20-19-37(8)27(33(26)39)11-12-29-36(7)16-15-30(35(5,6)28(36)14-17-38(29,37)9)45-32(42)24-34(3,4)23-31(40)41/h26-30,33H,1,11-24H2,2-10H3,(H,40,41)/t26-,27+,28-,29+,30-,33+,36-,37+,38+,39+/m0/s1. The molecule has 0 aliphatic heterocycles. The van der Waals surface area contributed by atoms with Crippen LogP contribution in [0.25, 0.3) is 0 Å². The third-order valence-corrected chi connectivity index (χ3v) is 16.6. The van der Waals surface area contributed by atoms with Gasteiger partial charge in [-0.05, 0) is 134 Å². The summed E-state index contributed by atoms with van der Waals surface area (Å²) in [6, 6.07) is 0. The number of fused-ring (bicyclic) bond motifs is 7. The molecule has 1 N–H and O–H groups in total. The highest BCUT2D eigenvalue weighted by atomic mass is 32.2. The lowest BCUT2D eigenvalue weighted by atomic mass is 9.32. The second-order valence-electron chi connectivity index (χ2n) is 19.2. The van der Waals surface area contributed by atoms with Gasteiger partial charge in [0.2, 0.25) is 0 Å². The molecule has 5 aliphatic carbocycles. The van der Waals surface area contributed by atoms with Gasteiger partial charge in [0.15, 0.2) is 0 Å². The Labute approximate surface area is 280 Å². The van der Waals surface area contributed by atoms with Crippen LogP contribution in [0.3, 0.4) is 0 Å². The number of rotatable bonds is 9. The van der Waals surface area contributed by atoms with Crippen LogP contribution in [0, 0.1) is 62.1 Å². The summed E-state index contributed by atoms with van der Waals surface area (Å²) in [5.74, 6) is 1.78. The van der Waals surface area contributed by atoms with Crippen LogP contribution in [0.15, 0.2) is 12.2 Å². The predicted molar refractivity (Wildman–Crippen MR) is 184 cm³/mol. The molecule has 0 aromatic rings. The first-order valence-electron chi connectivity index (χ1n) is 18.3. The van der Waals surface area contributed by atoms with Gasteiger partial charge in [-0.1, -0.05) is 60.6 Å². The van der Waals surface area contributed by atoms with Crippen LogP contribution >= 0.6 is 0 Å². The number of esters is 1. The second kappa shape index (κ2) is 11.6. The maximum absolute atomic E-state index is 13.2. The number of carbonyl (C=O) groups excluding carboxylic acids is 1. The lowest BCUT2D eigenvalue weighted by molar-refractivity contribution is -0.250. The van der Waals surface area contributed by atoms with Crippen molar-refractivity contribution in [2.24, 2.45) is 62.1 Å².